The first-order valence-corrected chi connectivity index (χ1v) is 7.33. The van der Waals surface area contributed by atoms with Crippen molar-refractivity contribution in [1.29, 1.82) is 0 Å². The van der Waals surface area contributed by atoms with Crippen LogP contribution in [0, 0.1) is 5.92 Å². The summed E-state index contributed by atoms with van der Waals surface area (Å²) in [5, 5.41) is 3.25. The van der Waals surface area contributed by atoms with Crippen LogP contribution in [0.5, 0.6) is 17.2 Å². The zero-order valence-corrected chi connectivity index (χ0v) is 13.5. The number of rotatable bonds is 6. The Morgan fingerprint density at radius 2 is 1.77 bits per heavy atom. The molecule has 1 aromatic rings. The molecule has 1 aromatic carbocycles. The molecule has 1 saturated heterocycles. The molecule has 0 saturated carbocycles. The van der Waals surface area contributed by atoms with Crippen LogP contribution in [0.1, 0.15) is 18.4 Å². The monoisotopic (exact) mass is 309 g/mol. The minimum Gasteiger partial charge on any atom is -0.493 e. The van der Waals surface area contributed by atoms with E-state index in [9.17, 15) is 4.79 Å². The molecular weight excluding hydrogens is 286 g/mol. The molecule has 0 aromatic heterocycles. The Bertz CT molecular complexity index is 506. The lowest BCUT2D eigenvalue weighted by Crippen LogP contribution is -2.24. The smallest absolute Gasteiger partial charge is 0.310 e. The van der Waals surface area contributed by atoms with Crippen LogP contribution in [0.25, 0.3) is 0 Å². The number of hydrogen-bond acceptors (Lipinski definition) is 6. The van der Waals surface area contributed by atoms with Gasteiger partial charge >= 0.3 is 5.97 Å². The number of carbonyl (C=O) groups is 1. The van der Waals surface area contributed by atoms with Gasteiger partial charge in [0.2, 0.25) is 5.75 Å². The lowest BCUT2D eigenvalue weighted by atomic mass is 9.88. The standard InChI is InChI=1S/C16H23NO5/c1-5-22-16(18)12-9-17-8-11(12)10-6-13(19-2)15(21-4)14(7-10)20-3/h6-7,11-12,17H,5,8-9H2,1-4H3. The molecule has 22 heavy (non-hydrogen) atoms. The summed E-state index contributed by atoms with van der Waals surface area (Å²) in [7, 11) is 4.73. The first-order chi connectivity index (χ1) is 10.7. The van der Waals surface area contributed by atoms with Crippen molar-refractivity contribution in [2.75, 3.05) is 41.0 Å². The van der Waals surface area contributed by atoms with Crippen LogP contribution in [0.3, 0.4) is 0 Å². The van der Waals surface area contributed by atoms with Crippen LogP contribution >= 0.6 is 0 Å². The molecule has 0 bridgehead atoms. The molecule has 2 unspecified atom stereocenters. The van der Waals surface area contributed by atoms with E-state index in [1.54, 1.807) is 21.3 Å². The zero-order chi connectivity index (χ0) is 16.1. The maximum atomic E-state index is 12.1. The highest BCUT2D eigenvalue weighted by atomic mass is 16.5. The molecule has 1 aliphatic rings. The van der Waals surface area contributed by atoms with Gasteiger partial charge in [-0.1, -0.05) is 0 Å². The second kappa shape index (κ2) is 7.35. The summed E-state index contributed by atoms with van der Waals surface area (Å²) in [6.07, 6.45) is 0. The number of ether oxygens (including phenoxy) is 4. The maximum Gasteiger partial charge on any atom is 0.310 e. The molecule has 1 aliphatic heterocycles. The van der Waals surface area contributed by atoms with E-state index in [0.29, 0.717) is 36.9 Å². The van der Waals surface area contributed by atoms with E-state index in [-0.39, 0.29) is 17.8 Å². The van der Waals surface area contributed by atoms with Crippen molar-refractivity contribution in [2.45, 2.75) is 12.8 Å². The van der Waals surface area contributed by atoms with Crippen molar-refractivity contribution >= 4 is 5.97 Å². The quantitative estimate of drug-likeness (QED) is 0.805. The minimum atomic E-state index is -0.206. The lowest BCUT2D eigenvalue weighted by Gasteiger charge is -2.20. The van der Waals surface area contributed by atoms with Gasteiger partial charge < -0.3 is 24.3 Å². The fraction of sp³-hybridized carbons (Fsp3) is 0.562. The van der Waals surface area contributed by atoms with E-state index in [1.165, 1.54) is 0 Å². The van der Waals surface area contributed by atoms with Gasteiger partial charge in [0, 0.05) is 19.0 Å². The van der Waals surface area contributed by atoms with E-state index < -0.39 is 0 Å². The molecule has 1 heterocycles. The van der Waals surface area contributed by atoms with Crippen LogP contribution < -0.4 is 19.5 Å². The Balaban J connectivity index is 2.36. The molecule has 2 rings (SSSR count). The predicted octanol–water partition coefficient (Wildman–Crippen LogP) is 1.58. The summed E-state index contributed by atoms with van der Waals surface area (Å²) in [5.41, 5.74) is 0.970. The Labute approximate surface area is 130 Å². The molecule has 1 fully saturated rings. The van der Waals surface area contributed by atoms with E-state index >= 15 is 0 Å². The number of hydrogen-bond donors (Lipinski definition) is 1. The van der Waals surface area contributed by atoms with Crippen molar-refractivity contribution < 1.29 is 23.7 Å². The molecular formula is C16H23NO5. The van der Waals surface area contributed by atoms with Gasteiger partial charge in [0.25, 0.3) is 0 Å². The maximum absolute atomic E-state index is 12.1. The lowest BCUT2D eigenvalue weighted by molar-refractivity contribution is -0.147. The van der Waals surface area contributed by atoms with Crippen LogP contribution in [-0.4, -0.2) is 47.0 Å². The molecule has 6 heteroatoms. The molecule has 122 valence electrons. The Hall–Kier alpha value is -1.95. The fourth-order valence-electron chi connectivity index (χ4n) is 2.84. The van der Waals surface area contributed by atoms with Crippen LogP contribution in [0.2, 0.25) is 0 Å². The average molecular weight is 309 g/mol. The van der Waals surface area contributed by atoms with Crippen molar-refractivity contribution in [3.05, 3.63) is 17.7 Å². The molecule has 1 N–H and O–H groups in total. The summed E-state index contributed by atoms with van der Waals surface area (Å²) in [6, 6.07) is 3.79. The van der Waals surface area contributed by atoms with Gasteiger partial charge in [0.1, 0.15) is 0 Å². The molecule has 0 radical (unpaired) electrons. The molecule has 6 nitrogen and oxygen atoms in total. The first kappa shape index (κ1) is 16.4. The van der Waals surface area contributed by atoms with Gasteiger partial charge in [0.15, 0.2) is 11.5 Å². The number of esters is 1. The third-order valence-electron chi connectivity index (χ3n) is 3.92. The van der Waals surface area contributed by atoms with Gasteiger partial charge in [-0.2, -0.15) is 0 Å². The van der Waals surface area contributed by atoms with Crippen LogP contribution in [0.15, 0.2) is 12.1 Å². The second-order valence-corrected chi connectivity index (χ2v) is 5.08. The highest BCUT2D eigenvalue weighted by Gasteiger charge is 2.36. The van der Waals surface area contributed by atoms with Gasteiger partial charge in [-0.3, -0.25) is 4.79 Å². The molecule has 2 atom stereocenters. The largest absolute Gasteiger partial charge is 0.493 e. The van der Waals surface area contributed by atoms with Crippen molar-refractivity contribution in [3.8, 4) is 17.2 Å². The third kappa shape index (κ3) is 3.11. The highest BCUT2D eigenvalue weighted by Crippen LogP contribution is 2.42. The fourth-order valence-corrected chi connectivity index (χ4v) is 2.84. The highest BCUT2D eigenvalue weighted by molar-refractivity contribution is 5.75. The number of methoxy groups -OCH3 is 3. The van der Waals surface area contributed by atoms with Crippen molar-refractivity contribution in [3.63, 3.8) is 0 Å². The third-order valence-corrected chi connectivity index (χ3v) is 3.92. The van der Waals surface area contributed by atoms with E-state index in [4.69, 9.17) is 18.9 Å². The topological polar surface area (TPSA) is 66.0 Å². The zero-order valence-electron chi connectivity index (χ0n) is 13.5. The summed E-state index contributed by atoms with van der Waals surface area (Å²) >= 11 is 0. The molecule has 0 aliphatic carbocycles. The van der Waals surface area contributed by atoms with Crippen molar-refractivity contribution in [2.24, 2.45) is 5.92 Å². The molecule has 0 spiro atoms. The minimum absolute atomic E-state index is 0.0211. The average Bonchev–Trinajstić information content (AvgIpc) is 3.03. The summed E-state index contributed by atoms with van der Waals surface area (Å²) in [4.78, 5) is 12.1. The normalized spacial score (nSPS) is 20.5. The van der Waals surface area contributed by atoms with E-state index in [0.717, 1.165) is 5.56 Å². The number of carbonyl (C=O) groups excluding carboxylic acids is 1. The summed E-state index contributed by atoms with van der Waals surface area (Å²) in [6.45, 7) is 3.52. The number of nitrogens with one attached hydrogen (secondary N) is 1. The van der Waals surface area contributed by atoms with Gasteiger partial charge in [-0.15, -0.1) is 0 Å². The molecule has 0 amide bonds. The first-order valence-electron chi connectivity index (χ1n) is 7.33. The van der Waals surface area contributed by atoms with Crippen molar-refractivity contribution in [1.82, 2.24) is 5.32 Å². The van der Waals surface area contributed by atoms with Crippen LogP contribution in [0.4, 0.5) is 0 Å². The second-order valence-electron chi connectivity index (χ2n) is 5.08. The van der Waals surface area contributed by atoms with E-state index in [2.05, 4.69) is 5.32 Å². The summed E-state index contributed by atoms with van der Waals surface area (Å²) < 4.78 is 21.3. The van der Waals surface area contributed by atoms with E-state index in [1.807, 2.05) is 19.1 Å². The SMILES string of the molecule is CCOC(=O)C1CNCC1c1cc(OC)c(OC)c(OC)c1. The predicted molar refractivity (Wildman–Crippen MR) is 81.8 cm³/mol. The Morgan fingerprint density at radius 3 is 2.27 bits per heavy atom. The van der Waals surface area contributed by atoms with Crippen LogP contribution in [-0.2, 0) is 9.53 Å². The Kier molecular flexibility index (Phi) is 5.49. The van der Waals surface area contributed by atoms with Gasteiger partial charge in [-0.25, -0.2) is 0 Å². The number of benzene rings is 1. The Morgan fingerprint density at radius 1 is 1.14 bits per heavy atom. The van der Waals surface area contributed by atoms with Gasteiger partial charge in [0.05, 0.1) is 33.9 Å². The summed E-state index contributed by atoms with van der Waals surface area (Å²) in [5.74, 6) is 1.37. The van der Waals surface area contributed by atoms with Gasteiger partial charge in [-0.05, 0) is 24.6 Å².